The Bertz CT molecular complexity index is 348. The molecule has 1 aliphatic heterocycles. The first kappa shape index (κ1) is 11.4. The minimum absolute atomic E-state index is 0.162. The van der Waals surface area contributed by atoms with E-state index >= 15 is 0 Å². The number of hydrogen-bond donors (Lipinski definition) is 0. The van der Waals surface area contributed by atoms with E-state index in [-0.39, 0.29) is 5.91 Å². The maximum atomic E-state index is 11.9. The van der Waals surface area contributed by atoms with Crippen molar-refractivity contribution in [1.82, 2.24) is 4.90 Å². The molecule has 86 valence electrons. The molecule has 0 radical (unpaired) electrons. The van der Waals surface area contributed by atoms with E-state index in [1.807, 2.05) is 28.5 Å². The molecule has 1 aromatic rings. The van der Waals surface area contributed by atoms with Gasteiger partial charge in [0.25, 0.3) is 0 Å². The summed E-state index contributed by atoms with van der Waals surface area (Å²) in [5.41, 5.74) is 0. The van der Waals surface area contributed by atoms with Crippen LogP contribution < -0.4 is 0 Å². The topological polar surface area (TPSA) is 20.3 Å². The van der Waals surface area contributed by atoms with Gasteiger partial charge in [0.15, 0.2) is 0 Å². The standard InChI is InChI=1S/C13H17NOS/c15-13(8-7-12-6-5-11-16-12)14-9-3-1-2-4-10-14/h5-8,11H,1-4,9-10H2/b8-7+. The minimum Gasteiger partial charge on any atom is -0.339 e. The molecule has 1 saturated heterocycles. The fourth-order valence-electron chi connectivity index (χ4n) is 1.94. The van der Waals surface area contributed by atoms with Crippen LogP contribution in [-0.2, 0) is 4.79 Å². The zero-order valence-corrected chi connectivity index (χ0v) is 10.2. The van der Waals surface area contributed by atoms with E-state index in [1.54, 1.807) is 17.4 Å². The Morgan fingerprint density at radius 2 is 2.00 bits per heavy atom. The van der Waals surface area contributed by atoms with Gasteiger partial charge in [-0.25, -0.2) is 0 Å². The van der Waals surface area contributed by atoms with Crippen LogP contribution in [0.25, 0.3) is 6.08 Å². The highest BCUT2D eigenvalue weighted by Crippen LogP contribution is 2.12. The van der Waals surface area contributed by atoms with Gasteiger partial charge < -0.3 is 4.90 Å². The molecule has 1 aliphatic rings. The summed E-state index contributed by atoms with van der Waals surface area (Å²) in [5.74, 6) is 0.162. The van der Waals surface area contributed by atoms with E-state index in [4.69, 9.17) is 0 Å². The van der Waals surface area contributed by atoms with Crippen LogP contribution in [0.2, 0.25) is 0 Å². The monoisotopic (exact) mass is 235 g/mol. The van der Waals surface area contributed by atoms with Crippen LogP contribution in [0.4, 0.5) is 0 Å². The van der Waals surface area contributed by atoms with Gasteiger partial charge in [-0.05, 0) is 30.4 Å². The molecule has 0 bridgehead atoms. The van der Waals surface area contributed by atoms with Gasteiger partial charge >= 0.3 is 0 Å². The highest BCUT2D eigenvalue weighted by Gasteiger charge is 2.12. The average molecular weight is 235 g/mol. The molecule has 0 aromatic carbocycles. The third kappa shape index (κ3) is 3.20. The van der Waals surface area contributed by atoms with Crippen molar-refractivity contribution in [2.45, 2.75) is 25.7 Å². The van der Waals surface area contributed by atoms with Crippen molar-refractivity contribution < 1.29 is 4.79 Å². The molecule has 1 fully saturated rings. The smallest absolute Gasteiger partial charge is 0.246 e. The van der Waals surface area contributed by atoms with Crippen molar-refractivity contribution in [1.29, 1.82) is 0 Å². The number of likely N-dealkylation sites (tertiary alicyclic amines) is 1. The fraction of sp³-hybridized carbons (Fsp3) is 0.462. The number of amides is 1. The maximum Gasteiger partial charge on any atom is 0.246 e. The van der Waals surface area contributed by atoms with Crippen molar-refractivity contribution in [2.24, 2.45) is 0 Å². The summed E-state index contributed by atoms with van der Waals surface area (Å²) in [5, 5.41) is 2.02. The summed E-state index contributed by atoms with van der Waals surface area (Å²) in [6.07, 6.45) is 8.45. The number of hydrogen-bond acceptors (Lipinski definition) is 2. The van der Waals surface area contributed by atoms with E-state index in [9.17, 15) is 4.79 Å². The Balaban J connectivity index is 1.91. The molecule has 1 aromatic heterocycles. The lowest BCUT2D eigenvalue weighted by atomic mass is 10.2. The second kappa shape index (κ2) is 5.85. The van der Waals surface area contributed by atoms with Crippen LogP contribution in [0.15, 0.2) is 23.6 Å². The van der Waals surface area contributed by atoms with Crippen LogP contribution in [0.5, 0.6) is 0 Å². The van der Waals surface area contributed by atoms with Crippen LogP contribution in [0.3, 0.4) is 0 Å². The van der Waals surface area contributed by atoms with Crippen molar-refractivity contribution in [3.05, 3.63) is 28.5 Å². The predicted molar refractivity (Wildman–Crippen MR) is 68.4 cm³/mol. The lowest BCUT2D eigenvalue weighted by Gasteiger charge is -2.17. The van der Waals surface area contributed by atoms with E-state index in [1.165, 1.54) is 12.8 Å². The molecular formula is C13H17NOS. The van der Waals surface area contributed by atoms with Gasteiger partial charge in [0.05, 0.1) is 0 Å². The molecule has 0 N–H and O–H groups in total. The third-order valence-electron chi connectivity index (χ3n) is 2.85. The van der Waals surface area contributed by atoms with Crippen LogP contribution in [0, 0.1) is 0 Å². The van der Waals surface area contributed by atoms with Gasteiger partial charge in [0.1, 0.15) is 0 Å². The summed E-state index contributed by atoms with van der Waals surface area (Å²) in [6, 6.07) is 4.03. The lowest BCUT2D eigenvalue weighted by molar-refractivity contribution is -0.125. The Labute approximate surface area is 101 Å². The quantitative estimate of drug-likeness (QED) is 0.721. The summed E-state index contributed by atoms with van der Waals surface area (Å²) in [4.78, 5) is 15.0. The van der Waals surface area contributed by atoms with Crippen molar-refractivity contribution in [2.75, 3.05) is 13.1 Å². The first-order chi connectivity index (χ1) is 7.86. The van der Waals surface area contributed by atoms with E-state index in [0.29, 0.717) is 0 Å². The molecule has 0 aliphatic carbocycles. The fourth-order valence-corrected chi connectivity index (χ4v) is 2.55. The van der Waals surface area contributed by atoms with E-state index in [2.05, 4.69) is 0 Å². The molecule has 1 amide bonds. The van der Waals surface area contributed by atoms with Crippen LogP contribution in [-0.4, -0.2) is 23.9 Å². The first-order valence-electron chi connectivity index (χ1n) is 5.87. The predicted octanol–water partition coefficient (Wildman–Crippen LogP) is 3.16. The molecule has 2 rings (SSSR count). The zero-order valence-electron chi connectivity index (χ0n) is 9.39. The number of rotatable bonds is 2. The van der Waals surface area contributed by atoms with Gasteiger partial charge in [-0.3, -0.25) is 4.79 Å². The van der Waals surface area contributed by atoms with Crippen molar-refractivity contribution in [3.8, 4) is 0 Å². The van der Waals surface area contributed by atoms with Gasteiger partial charge in [-0.1, -0.05) is 18.9 Å². The Morgan fingerprint density at radius 1 is 1.25 bits per heavy atom. The number of carbonyl (C=O) groups excluding carboxylic acids is 1. The van der Waals surface area contributed by atoms with E-state index in [0.717, 1.165) is 30.8 Å². The van der Waals surface area contributed by atoms with Crippen LogP contribution >= 0.6 is 11.3 Å². The van der Waals surface area contributed by atoms with Crippen LogP contribution in [0.1, 0.15) is 30.6 Å². The molecule has 3 heteroatoms. The average Bonchev–Trinajstić information content (AvgIpc) is 2.66. The Kier molecular flexibility index (Phi) is 4.17. The summed E-state index contributed by atoms with van der Waals surface area (Å²) in [6.45, 7) is 1.85. The Hall–Kier alpha value is -1.09. The van der Waals surface area contributed by atoms with Gasteiger partial charge in [0, 0.05) is 24.0 Å². The summed E-state index contributed by atoms with van der Waals surface area (Å²) >= 11 is 1.66. The zero-order chi connectivity index (χ0) is 11.2. The third-order valence-corrected chi connectivity index (χ3v) is 3.69. The van der Waals surface area contributed by atoms with Crippen molar-refractivity contribution in [3.63, 3.8) is 0 Å². The summed E-state index contributed by atoms with van der Waals surface area (Å²) < 4.78 is 0. The summed E-state index contributed by atoms with van der Waals surface area (Å²) in [7, 11) is 0. The molecule has 2 nitrogen and oxygen atoms in total. The highest BCUT2D eigenvalue weighted by atomic mass is 32.1. The Morgan fingerprint density at radius 3 is 2.62 bits per heavy atom. The first-order valence-corrected chi connectivity index (χ1v) is 6.75. The van der Waals surface area contributed by atoms with Gasteiger partial charge in [0.2, 0.25) is 5.91 Å². The molecule has 0 atom stereocenters. The minimum atomic E-state index is 0.162. The molecule has 0 saturated carbocycles. The van der Waals surface area contributed by atoms with Crippen molar-refractivity contribution >= 4 is 23.3 Å². The number of thiophene rings is 1. The molecule has 0 spiro atoms. The second-order valence-corrected chi connectivity index (χ2v) is 5.07. The molecule has 2 heterocycles. The number of carbonyl (C=O) groups is 1. The second-order valence-electron chi connectivity index (χ2n) is 4.09. The normalized spacial score (nSPS) is 17.6. The molecule has 16 heavy (non-hydrogen) atoms. The van der Waals surface area contributed by atoms with Gasteiger partial charge in [-0.2, -0.15) is 0 Å². The molecular weight excluding hydrogens is 218 g/mol. The SMILES string of the molecule is O=C(/C=C/c1cccs1)N1CCCCCC1. The maximum absolute atomic E-state index is 11.9. The van der Waals surface area contributed by atoms with E-state index < -0.39 is 0 Å². The largest absolute Gasteiger partial charge is 0.339 e. The lowest BCUT2D eigenvalue weighted by Crippen LogP contribution is -2.30. The highest BCUT2D eigenvalue weighted by molar-refractivity contribution is 7.10. The molecule has 0 unspecified atom stereocenters. The number of nitrogens with zero attached hydrogens (tertiary/aromatic N) is 1. The van der Waals surface area contributed by atoms with Gasteiger partial charge in [-0.15, -0.1) is 11.3 Å².